The molecule has 1 aromatic rings. The minimum absolute atomic E-state index is 0.110. The molecular formula is C16H24N2O6S. The van der Waals surface area contributed by atoms with Gasteiger partial charge < -0.3 is 19.1 Å². The molecule has 1 aromatic carbocycles. The normalized spacial score (nSPS) is 16.5. The van der Waals surface area contributed by atoms with Gasteiger partial charge in [-0.1, -0.05) is 0 Å². The quantitative estimate of drug-likeness (QED) is 0.657. The molecule has 1 aliphatic rings. The summed E-state index contributed by atoms with van der Waals surface area (Å²) >= 11 is 0. The maximum atomic E-state index is 12.3. The summed E-state index contributed by atoms with van der Waals surface area (Å²) in [7, 11) is -2.09. The van der Waals surface area contributed by atoms with Crippen molar-refractivity contribution < 1.29 is 27.4 Å². The number of nitrogens with zero attached hydrogens (tertiary/aromatic N) is 1. The van der Waals surface area contributed by atoms with Gasteiger partial charge in [-0.25, -0.2) is 13.1 Å². The van der Waals surface area contributed by atoms with Crippen molar-refractivity contribution in [1.82, 2.24) is 9.62 Å². The first-order valence-electron chi connectivity index (χ1n) is 8.06. The number of morpholine rings is 1. The zero-order chi connectivity index (χ0) is 18.3. The molecule has 0 aliphatic carbocycles. The van der Waals surface area contributed by atoms with E-state index in [1.54, 1.807) is 11.8 Å². The molecule has 0 saturated carbocycles. The Morgan fingerprint density at radius 3 is 2.52 bits per heavy atom. The maximum absolute atomic E-state index is 12.3. The maximum Gasteiger partial charge on any atom is 0.263 e. The SMILES string of the molecule is COCCNS(=O)(=O)c1ccc(O[C@H](C)C(=O)N2CCOCC2)cc1. The minimum Gasteiger partial charge on any atom is -0.481 e. The van der Waals surface area contributed by atoms with Gasteiger partial charge in [-0.3, -0.25) is 4.79 Å². The van der Waals surface area contributed by atoms with E-state index in [1.807, 2.05) is 0 Å². The van der Waals surface area contributed by atoms with Crippen LogP contribution in [-0.4, -0.2) is 71.9 Å². The molecule has 8 nitrogen and oxygen atoms in total. The number of rotatable bonds is 8. The number of carbonyl (C=O) groups is 1. The van der Waals surface area contributed by atoms with Crippen molar-refractivity contribution in [2.24, 2.45) is 0 Å². The van der Waals surface area contributed by atoms with E-state index in [-0.39, 0.29) is 17.3 Å². The fourth-order valence-electron chi connectivity index (χ4n) is 2.35. The summed E-state index contributed by atoms with van der Waals surface area (Å²) in [6.45, 7) is 4.33. The lowest BCUT2D eigenvalue weighted by Crippen LogP contribution is -2.46. The molecule has 1 amide bonds. The predicted molar refractivity (Wildman–Crippen MR) is 91.0 cm³/mol. The smallest absolute Gasteiger partial charge is 0.263 e. The van der Waals surface area contributed by atoms with Gasteiger partial charge in [0.2, 0.25) is 10.0 Å². The van der Waals surface area contributed by atoms with Crippen LogP contribution in [0, 0.1) is 0 Å². The molecule has 0 aromatic heterocycles. The number of benzene rings is 1. The minimum atomic E-state index is -3.59. The lowest BCUT2D eigenvalue weighted by molar-refractivity contribution is -0.142. The molecule has 0 bridgehead atoms. The van der Waals surface area contributed by atoms with E-state index in [0.717, 1.165) is 0 Å². The van der Waals surface area contributed by atoms with Crippen LogP contribution in [0.4, 0.5) is 0 Å². The van der Waals surface area contributed by atoms with Crippen molar-refractivity contribution in [3.63, 3.8) is 0 Å². The molecule has 1 aliphatic heterocycles. The Balaban J connectivity index is 1.94. The number of hydrogen-bond acceptors (Lipinski definition) is 6. The molecular weight excluding hydrogens is 348 g/mol. The van der Waals surface area contributed by atoms with Gasteiger partial charge in [-0.15, -0.1) is 0 Å². The highest BCUT2D eigenvalue weighted by atomic mass is 32.2. The standard InChI is InChI=1S/C16H24N2O6S/c1-13(16(19)18-8-11-23-12-9-18)24-14-3-5-15(6-4-14)25(20,21)17-7-10-22-2/h3-6,13,17H,7-12H2,1-2H3/t13-/m1/s1. The summed E-state index contributed by atoms with van der Waals surface area (Å²) in [6, 6.07) is 5.95. The van der Waals surface area contributed by atoms with Gasteiger partial charge in [-0.05, 0) is 31.2 Å². The highest BCUT2D eigenvalue weighted by Crippen LogP contribution is 2.18. The van der Waals surface area contributed by atoms with Crippen molar-refractivity contribution in [2.45, 2.75) is 17.9 Å². The summed E-state index contributed by atoms with van der Waals surface area (Å²) in [5, 5.41) is 0. The van der Waals surface area contributed by atoms with Crippen molar-refractivity contribution in [2.75, 3.05) is 46.6 Å². The molecule has 1 atom stereocenters. The van der Waals surface area contributed by atoms with E-state index >= 15 is 0 Å². The Bertz CT molecular complexity index is 656. The van der Waals surface area contributed by atoms with Crippen LogP contribution < -0.4 is 9.46 Å². The topological polar surface area (TPSA) is 94.2 Å². The number of sulfonamides is 1. The van der Waals surface area contributed by atoms with E-state index in [9.17, 15) is 13.2 Å². The van der Waals surface area contributed by atoms with Gasteiger partial charge in [0.25, 0.3) is 5.91 Å². The molecule has 0 unspecified atom stereocenters. The van der Waals surface area contributed by atoms with E-state index in [1.165, 1.54) is 31.4 Å². The van der Waals surface area contributed by atoms with Crippen LogP contribution in [0.1, 0.15) is 6.92 Å². The molecule has 2 rings (SSSR count). The first-order chi connectivity index (χ1) is 11.9. The molecule has 1 fully saturated rings. The summed E-state index contributed by atoms with van der Waals surface area (Å²) in [6.07, 6.45) is -0.652. The second-order valence-electron chi connectivity index (χ2n) is 5.56. The van der Waals surface area contributed by atoms with Gasteiger partial charge in [0.1, 0.15) is 5.75 Å². The lowest BCUT2D eigenvalue weighted by atomic mass is 10.3. The van der Waals surface area contributed by atoms with Gasteiger partial charge in [0.15, 0.2) is 6.10 Å². The Labute approximate surface area is 148 Å². The Kier molecular flexibility index (Phi) is 7.18. The molecule has 1 N–H and O–H groups in total. The van der Waals surface area contributed by atoms with Crippen LogP contribution in [0.5, 0.6) is 5.75 Å². The zero-order valence-electron chi connectivity index (χ0n) is 14.4. The van der Waals surface area contributed by atoms with Crippen molar-refractivity contribution in [3.05, 3.63) is 24.3 Å². The van der Waals surface area contributed by atoms with E-state index < -0.39 is 16.1 Å². The fraction of sp³-hybridized carbons (Fsp3) is 0.562. The van der Waals surface area contributed by atoms with E-state index in [0.29, 0.717) is 38.7 Å². The average Bonchev–Trinajstić information content (AvgIpc) is 2.62. The molecule has 1 saturated heterocycles. The number of ether oxygens (including phenoxy) is 3. The van der Waals surface area contributed by atoms with Crippen LogP contribution in [-0.2, 0) is 24.3 Å². The van der Waals surface area contributed by atoms with Gasteiger partial charge in [0.05, 0.1) is 24.7 Å². The zero-order valence-corrected chi connectivity index (χ0v) is 15.3. The van der Waals surface area contributed by atoms with Crippen LogP contribution in [0.3, 0.4) is 0 Å². The third-order valence-corrected chi connectivity index (χ3v) is 5.19. The first kappa shape index (κ1) is 19.6. The second kappa shape index (κ2) is 9.14. The number of hydrogen-bond donors (Lipinski definition) is 1. The lowest BCUT2D eigenvalue weighted by Gasteiger charge is -2.29. The van der Waals surface area contributed by atoms with Crippen molar-refractivity contribution >= 4 is 15.9 Å². The van der Waals surface area contributed by atoms with Gasteiger partial charge in [-0.2, -0.15) is 0 Å². The highest BCUT2D eigenvalue weighted by Gasteiger charge is 2.24. The van der Waals surface area contributed by atoms with Crippen LogP contribution >= 0.6 is 0 Å². The Morgan fingerprint density at radius 1 is 1.28 bits per heavy atom. The highest BCUT2D eigenvalue weighted by molar-refractivity contribution is 7.89. The van der Waals surface area contributed by atoms with Gasteiger partial charge >= 0.3 is 0 Å². The van der Waals surface area contributed by atoms with Crippen LogP contribution in [0.2, 0.25) is 0 Å². The van der Waals surface area contributed by atoms with Crippen LogP contribution in [0.15, 0.2) is 29.2 Å². The van der Waals surface area contributed by atoms with Crippen LogP contribution in [0.25, 0.3) is 0 Å². The molecule has 0 radical (unpaired) electrons. The summed E-state index contributed by atoms with van der Waals surface area (Å²) in [5.74, 6) is 0.325. The number of nitrogens with one attached hydrogen (secondary N) is 1. The average molecular weight is 372 g/mol. The second-order valence-corrected chi connectivity index (χ2v) is 7.33. The van der Waals surface area contributed by atoms with E-state index in [4.69, 9.17) is 14.2 Å². The first-order valence-corrected chi connectivity index (χ1v) is 9.54. The Hall–Kier alpha value is -1.68. The van der Waals surface area contributed by atoms with Crippen molar-refractivity contribution in [1.29, 1.82) is 0 Å². The van der Waals surface area contributed by atoms with E-state index in [2.05, 4.69) is 4.72 Å². The summed E-state index contributed by atoms with van der Waals surface area (Å²) in [4.78, 5) is 14.1. The van der Waals surface area contributed by atoms with Crippen molar-refractivity contribution in [3.8, 4) is 5.75 Å². The molecule has 140 valence electrons. The Morgan fingerprint density at radius 2 is 1.92 bits per heavy atom. The largest absolute Gasteiger partial charge is 0.481 e. The summed E-state index contributed by atoms with van der Waals surface area (Å²) in [5.41, 5.74) is 0. The third-order valence-electron chi connectivity index (χ3n) is 3.72. The third kappa shape index (κ3) is 5.67. The molecule has 0 spiro atoms. The fourth-order valence-corrected chi connectivity index (χ4v) is 3.37. The monoisotopic (exact) mass is 372 g/mol. The van der Waals surface area contributed by atoms with Gasteiger partial charge in [0, 0.05) is 26.7 Å². The molecule has 25 heavy (non-hydrogen) atoms. The molecule has 9 heteroatoms. The number of methoxy groups -OCH3 is 1. The predicted octanol–water partition coefficient (Wildman–Crippen LogP) is 0.237. The summed E-state index contributed by atoms with van der Waals surface area (Å²) < 4.78 is 42.3. The number of amides is 1. The molecule has 1 heterocycles. The number of carbonyl (C=O) groups excluding carboxylic acids is 1.